The Kier molecular flexibility index (Phi) is 12.3. The lowest BCUT2D eigenvalue weighted by molar-refractivity contribution is -0.332. The van der Waals surface area contributed by atoms with E-state index in [-0.39, 0.29) is 71.5 Å². The molecule has 324 valence electrons. The molecule has 0 spiro atoms. The summed E-state index contributed by atoms with van der Waals surface area (Å²) in [5, 5.41) is 66.2. The second-order valence-corrected chi connectivity index (χ2v) is 16.6. The minimum Gasteiger partial charge on any atom is -0.507 e. The molecule has 7 rings (SSSR count). The number of phenols is 2. The van der Waals surface area contributed by atoms with Crippen LogP contribution in [-0.4, -0.2) is 154 Å². The largest absolute Gasteiger partial charge is 0.507 e. The van der Waals surface area contributed by atoms with E-state index in [9.17, 15) is 45.0 Å². The molecule has 5 aliphatic rings. The number of carbonyl (C=O) groups excluding carboxylic acids is 3. The van der Waals surface area contributed by atoms with Crippen LogP contribution in [0.3, 0.4) is 0 Å². The predicted molar refractivity (Wildman–Crippen MR) is 204 cm³/mol. The van der Waals surface area contributed by atoms with E-state index in [0.717, 1.165) is 0 Å². The van der Waals surface area contributed by atoms with Crippen molar-refractivity contribution in [1.29, 1.82) is 0 Å². The molecule has 2 aromatic carbocycles. The summed E-state index contributed by atoms with van der Waals surface area (Å²) in [5.74, 6) is -4.65. The van der Waals surface area contributed by atoms with Crippen LogP contribution in [0.2, 0.25) is 0 Å². The first-order valence-electron chi connectivity index (χ1n) is 20.1. The molecule has 0 bridgehead atoms. The van der Waals surface area contributed by atoms with Crippen molar-refractivity contribution >= 4 is 17.5 Å². The van der Waals surface area contributed by atoms with Crippen molar-refractivity contribution in [2.75, 3.05) is 21.2 Å². The number of aliphatic hydroxyl groups is 4. The maximum atomic E-state index is 13.9. The standard InChI is InChI=1S/C42H55NO16/c1-8-42(52)16-27(32-21(34(42)41(51)53-7)12-22-33(38(32)50)37(49)31-20(36(22)48)10-9-11-24(31)44)57-28-13-23(43(5)6)39(18(3)55-28)58-30-15-26(46)40(19(4)56-30)59-29-14-25(45)35(47)17(2)54-29/h9-12,17-19,23,25-30,34-35,39-40,44-47,50,52H,8,13-16H2,1-7H3. The van der Waals surface area contributed by atoms with E-state index in [2.05, 4.69) is 0 Å². The second kappa shape index (κ2) is 16.7. The van der Waals surface area contributed by atoms with Gasteiger partial charge in [-0.2, -0.15) is 0 Å². The first-order valence-corrected chi connectivity index (χ1v) is 20.1. The molecular formula is C42H55NO16. The van der Waals surface area contributed by atoms with Crippen molar-refractivity contribution in [1.82, 2.24) is 4.90 Å². The van der Waals surface area contributed by atoms with Crippen molar-refractivity contribution in [3.05, 3.63) is 57.6 Å². The van der Waals surface area contributed by atoms with Gasteiger partial charge in [0.25, 0.3) is 0 Å². The van der Waals surface area contributed by atoms with Crippen LogP contribution in [-0.2, 0) is 38.0 Å². The molecule has 3 aliphatic heterocycles. The first kappa shape index (κ1) is 43.5. The number of rotatable bonds is 9. The Labute approximate surface area is 341 Å². The Morgan fingerprint density at radius 3 is 2.05 bits per heavy atom. The highest BCUT2D eigenvalue weighted by Crippen LogP contribution is 2.54. The molecule has 3 heterocycles. The molecule has 3 saturated heterocycles. The number of carbonyl (C=O) groups is 3. The van der Waals surface area contributed by atoms with Gasteiger partial charge in [0.2, 0.25) is 5.78 Å². The fourth-order valence-corrected chi connectivity index (χ4v) is 9.45. The molecule has 2 aromatic rings. The number of ether oxygens (including phenoxy) is 7. The van der Waals surface area contributed by atoms with E-state index in [1.807, 2.05) is 19.0 Å². The summed E-state index contributed by atoms with van der Waals surface area (Å²) in [6.07, 6.45) is -10.1. The van der Waals surface area contributed by atoms with Crippen LogP contribution in [0.25, 0.3) is 0 Å². The molecule has 0 amide bonds. The molecular weight excluding hydrogens is 774 g/mol. The molecule has 0 saturated carbocycles. The third kappa shape index (κ3) is 7.80. The Morgan fingerprint density at radius 1 is 0.831 bits per heavy atom. The van der Waals surface area contributed by atoms with E-state index in [1.54, 1.807) is 27.7 Å². The van der Waals surface area contributed by atoms with Gasteiger partial charge in [0, 0.05) is 48.4 Å². The molecule has 6 N–H and O–H groups in total. The summed E-state index contributed by atoms with van der Waals surface area (Å²) in [6, 6.07) is 5.06. The summed E-state index contributed by atoms with van der Waals surface area (Å²) in [7, 11) is 4.88. The molecule has 17 heteroatoms. The van der Waals surface area contributed by atoms with Crippen molar-refractivity contribution in [3.8, 4) is 11.5 Å². The van der Waals surface area contributed by atoms with Crippen LogP contribution in [0.4, 0.5) is 0 Å². The van der Waals surface area contributed by atoms with E-state index >= 15 is 0 Å². The Balaban J connectivity index is 1.13. The van der Waals surface area contributed by atoms with Gasteiger partial charge >= 0.3 is 5.97 Å². The highest BCUT2D eigenvalue weighted by molar-refractivity contribution is 6.30. The number of aliphatic hydroxyl groups excluding tert-OH is 3. The SMILES string of the molecule is CCC1(O)CC(OC2CC(N(C)C)C(OC3CC(O)C(OC4CC(O)C(O)C(C)O4)C(C)O3)C(C)O2)c2c(cc3c(c2O)C(=O)c2c(O)cccc2C3=O)C1C(=O)OC. The maximum absolute atomic E-state index is 13.9. The first-order chi connectivity index (χ1) is 27.9. The quantitative estimate of drug-likeness (QED) is 0.169. The van der Waals surface area contributed by atoms with Gasteiger partial charge in [-0.3, -0.25) is 14.4 Å². The minimum atomic E-state index is -1.77. The Bertz CT molecular complexity index is 1920. The third-order valence-electron chi connectivity index (χ3n) is 12.7. The van der Waals surface area contributed by atoms with Crippen LogP contribution in [0.1, 0.15) is 115 Å². The monoisotopic (exact) mass is 829 g/mol. The average molecular weight is 830 g/mol. The van der Waals surface area contributed by atoms with Gasteiger partial charge in [-0.05, 0) is 59.0 Å². The topological polar surface area (TPSA) is 240 Å². The summed E-state index contributed by atoms with van der Waals surface area (Å²) in [5.41, 5.74) is -2.55. The van der Waals surface area contributed by atoms with Gasteiger partial charge in [0.05, 0.1) is 60.5 Å². The predicted octanol–water partition coefficient (Wildman–Crippen LogP) is 1.92. The summed E-state index contributed by atoms with van der Waals surface area (Å²) < 4.78 is 42.6. The number of nitrogens with zero attached hydrogens (tertiary/aromatic N) is 1. The van der Waals surface area contributed by atoms with E-state index in [1.165, 1.54) is 31.4 Å². The Hall–Kier alpha value is -3.59. The molecule has 2 aliphatic carbocycles. The van der Waals surface area contributed by atoms with Crippen molar-refractivity contribution in [2.24, 2.45) is 0 Å². The number of esters is 1. The highest BCUT2D eigenvalue weighted by atomic mass is 16.7. The smallest absolute Gasteiger partial charge is 0.316 e. The second-order valence-electron chi connectivity index (χ2n) is 16.6. The lowest BCUT2D eigenvalue weighted by atomic mass is 9.67. The number of hydrogen-bond acceptors (Lipinski definition) is 17. The number of phenolic OH excluding ortho intramolecular Hbond substituents is 2. The zero-order valence-corrected chi connectivity index (χ0v) is 34.1. The van der Waals surface area contributed by atoms with E-state index < -0.39 is 114 Å². The van der Waals surface area contributed by atoms with Crippen molar-refractivity contribution in [3.63, 3.8) is 0 Å². The Morgan fingerprint density at radius 2 is 1.44 bits per heavy atom. The normalized spacial score (nSPS) is 38.4. The molecule has 59 heavy (non-hydrogen) atoms. The highest BCUT2D eigenvalue weighted by Gasteiger charge is 2.54. The fraction of sp³-hybridized carbons (Fsp3) is 0.643. The average Bonchev–Trinajstić information content (AvgIpc) is 3.17. The lowest BCUT2D eigenvalue weighted by Gasteiger charge is -2.48. The molecule has 15 unspecified atom stereocenters. The lowest BCUT2D eigenvalue weighted by Crippen LogP contribution is -2.58. The van der Waals surface area contributed by atoms with Crippen LogP contribution in [0.15, 0.2) is 24.3 Å². The number of likely N-dealkylation sites (N-methyl/N-ethyl adjacent to an activating group) is 1. The number of benzene rings is 2. The zero-order chi connectivity index (χ0) is 42.8. The van der Waals surface area contributed by atoms with Gasteiger partial charge in [-0.15, -0.1) is 0 Å². The number of aromatic hydroxyl groups is 2. The maximum Gasteiger partial charge on any atom is 0.316 e. The molecule has 15 atom stereocenters. The van der Waals surface area contributed by atoms with Gasteiger partial charge < -0.3 is 68.7 Å². The number of methoxy groups -OCH3 is 1. The number of ketones is 2. The number of fused-ring (bicyclic) bond motifs is 3. The van der Waals surface area contributed by atoms with E-state index in [4.69, 9.17) is 33.2 Å². The van der Waals surface area contributed by atoms with Gasteiger partial charge in [0.15, 0.2) is 24.7 Å². The van der Waals surface area contributed by atoms with Crippen molar-refractivity contribution in [2.45, 2.75) is 151 Å². The molecule has 0 radical (unpaired) electrons. The summed E-state index contributed by atoms with van der Waals surface area (Å²) in [4.78, 5) is 43.1. The molecule has 3 fully saturated rings. The van der Waals surface area contributed by atoms with Gasteiger partial charge in [-0.25, -0.2) is 0 Å². The minimum absolute atomic E-state index is 0.0162. The van der Waals surface area contributed by atoms with Crippen molar-refractivity contribution < 1.29 is 78.2 Å². The van der Waals surface area contributed by atoms with Crippen LogP contribution >= 0.6 is 0 Å². The number of hydrogen-bond donors (Lipinski definition) is 6. The van der Waals surface area contributed by atoms with Gasteiger partial charge in [-0.1, -0.05) is 19.1 Å². The van der Waals surface area contributed by atoms with Crippen LogP contribution in [0, 0.1) is 0 Å². The summed E-state index contributed by atoms with van der Waals surface area (Å²) >= 11 is 0. The summed E-state index contributed by atoms with van der Waals surface area (Å²) in [6.45, 7) is 6.84. The molecule has 0 aromatic heterocycles. The van der Waals surface area contributed by atoms with Gasteiger partial charge in [0.1, 0.15) is 35.7 Å². The van der Waals surface area contributed by atoms with E-state index in [0.29, 0.717) is 0 Å². The molecule has 17 nitrogen and oxygen atoms in total. The zero-order valence-electron chi connectivity index (χ0n) is 34.1. The third-order valence-corrected chi connectivity index (χ3v) is 12.7. The van der Waals surface area contributed by atoms with Crippen LogP contribution in [0.5, 0.6) is 11.5 Å². The van der Waals surface area contributed by atoms with Crippen LogP contribution < -0.4 is 0 Å². The fourth-order valence-electron chi connectivity index (χ4n) is 9.45.